The zero-order valence-corrected chi connectivity index (χ0v) is 14.6. The summed E-state index contributed by atoms with van der Waals surface area (Å²) in [5.41, 5.74) is 0.582. The van der Waals surface area contributed by atoms with Crippen LogP contribution in [0.4, 0.5) is 0 Å². The molecule has 132 valence electrons. The fourth-order valence-corrected chi connectivity index (χ4v) is 3.14. The van der Waals surface area contributed by atoms with E-state index in [1.165, 1.54) is 0 Å². The molecule has 0 fully saturated rings. The van der Waals surface area contributed by atoms with Gasteiger partial charge in [-0.1, -0.05) is 18.2 Å². The van der Waals surface area contributed by atoms with E-state index in [4.69, 9.17) is 4.74 Å². The maximum Gasteiger partial charge on any atom is 0.251 e. The van der Waals surface area contributed by atoms with Crippen LogP contribution in [0.15, 0.2) is 54.6 Å². The fourth-order valence-electron chi connectivity index (χ4n) is 3.14. The van der Waals surface area contributed by atoms with Gasteiger partial charge in [0.1, 0.15) is 17.3 Å². The summed E-state index contributed by atoms with van der Waals surface area (Å²) < 4.78 is 7.85. The Morgan fingerprint density at radius 2 is 1.81 bits per heavy atom. The van der Waals surface area contributed by atoms with Crippen LogP contribution in [0.5, 0.6) is 11.5 Å². The molecule has 0 saturated carbocycles. The minimum atomic E-state index is -0.193. The van der Waals surface area contributed by atoms with Crippen molar-refractivity contribution in [2.75, 3.05) is 0 Å². The molecule has 2 heterocycles. The maximum absolute atomic E-state index is 12.5. The molecule has 1 aliphatic rings. The minimum absolute atomic E-state index is 0.140. The van der Waals surface area contributed by atoms with Crippen molar-refractivity contribution in [2.24, 2.45) is 0 Å². The molecular formula is C20H20N4O2. The van der Waals surface area contributed by atoms with Crippen molar-refractivity contribution in [3.8, 4) is 11.5 Å². The highest BCUT2D eigenvalue weighted by atomic mass is 16.5. The van der Waals surface area contributed by atoms with Gasteiger partial charge in [0.05, 0.1) is 6.04 Å². The third-order valence-electron chi connectivity index (χ3n) is 4.47. The highest BCUT2D eigenvalue weighted by molar-refractivity contribution is 5.94. The van der Waals surface area contributed by atoms with Crippen molar-refractivity contribution in [1.82, 2.24) is 20.1 Å². The Balaban J connectivity index is 1.41. The molecule has 1 aromatic heterocycles. The molecule has 1 atom stereocenters. The molecular weight excluding hydrogens is 328 g/mol. The number of carbonyl (C=O) groups excluding carboxylic acids is 1. The number of nitrogens with zero attached hydrogens (tertiary/aromatic N) is 3. The van der Waals surface area contributed by atoms with E-state index in [0.717, 1.165) is 36.8 Å². The van der Waals surface area contributed by atoms with Gasteiger partial charge < -0.3 is 14.6 Å². The number of para-hydroxylation sites is 1. The van der Waals surface area contributed by atoms with E-state index >= 15 is 0 Å². The van der Waals surface area contributed by atoms with E-state index in [2.05, 4.69) is 20.1 Å². The standard InChI is InChI=1S/C20H20N4O2/c1-14(19-23-22-18-8-5-13-24(18)19)21-20(25)15-9-11-17(12-10-15)26-16-6-3-2-4-7-16/h2-4,6-7,9-12,14H,5,8,13H2,1H3,(H,21,25)/t14-/m1/s1. The van der Waals surface area contributed by atoms with Crippen LogP contribution in [-0.4, -0.2) is 20.7 Å². The van der Waals surface area contributed by atoms with E-state index in [9.17, 15) is 4.79 Å². The van der Waals surface area contributed by atoms with Crippen LogP contribution in [0.3, 0.4) is 0 Å². The third-order valence-corrected chi connectivity index (χ3v) is 4.47. The number of hydrogen-bond acceptors (Lipinski definition) is 4. The Labute approximate surface area is 151 Å². The summed E-state index contributed by atoms with van der Waals surface area (Å²) in [5.74, 6) is 3.13. The summed E-state index contributed by atoms with van der Waals surface area (Å²) in [4.78, 5) is 12.5. The van der Waals surface area contributed by atoms with Crippen LogP contribution in [0.25, 0.3) is 0 Å². The van der Waals surface area contributed by atoms with Crippen LogP contribution in [0.2, 0.25) is 0 Å². The summed E-state index contributed by atoms with van der Waals surface area (Å²) in [6.07, 6.45) is 2.04. The number of rotatable bonds is 5. The average Bonchev–Trinajstić information content (AvgIpc) is 3.26. The SMILES string of the molecule is C[C@@H](NC(=O)c1ccc(Oc2ccccc2)cc1)c1nnc2n1CCC2. The lowest BCUT2D eigenvalue weighted by molar-refractivity contribution is 0.0937. The number of nitrogens with one attached hydrogen (secondary N) is 1. The molecule has 0 spiro atoms. The van der Waals surface area contributed by atoms with Crippen LogP contribution < -0.4 is 10.1 Å². The van der Waals surface area contributed by atoms with Gasteiger partial charge in [0.2, 0.25) is 0 Å². The minimum Gasteiger partial charge on any atom is -0.457 e. The molecule has 1 N–H and O–H groups in total. The second-order valence-corrected chi connectivity index (χ2v) is 6.36. The second kappa shape index (κ2) is 7.00. The summed E-state index contributed by atoms with van der Waals surface area (Å²) in [6, 6.07) is 16.5. The van der Waals surface area contributed by atoms with Crippen molar-refractivity contribution >= 4 is 5.91 Å². The molecule has 3 aromatic rings. The predicted molar refractivity (Wildman–Crippen MR) is 97.2 cm³/mol. The van der Waals surface area contributed by atoms with Crippen molar-refractivity contribution in [1.29, 1.82) is 0 Å². The molecule has 0 bridgehead atoms. The van der Waals surface area contributed by atoms with E-state index in [-0.39, 0.29) is 11.9 Å². The average molecular weight is 348 g/mol. The Bertz CT molecular complexity index is 903. The lowest BCUT2D eigenvalue weighted by atomic mass is 10.2. The number of fused-ring (bicyclic) bond motifs is 1. The van der Waals surface area contributed by atoms with Gasteiger partial charge in [-0.15, -0.1) is 10.2 Å². The lowest BCUT2D eigenvalue weighted by Gasteiger charge is -2.14. The molecule has 0 radical (unpaired) electrons. The van der Waals surface area contributed by atoms with E-state index in [1.54, 1.807) is 24.3 Å². The van der Waals surface area contributed by atoms with Gasteiger partial charge in [-0.2, -0.15) is 0 Å². The Morgan fingerprint density at radius 3 is 2.58 bits per heavy atom. The van der Waals surface area contributed by atoms with Gasteiger partial charge >= 0.3 is 0 Å². The lowest BCUT2D eigenvalue weighted by Crippen LogP contribution is -2.28. The summed E-state index contributed by atoms with van der Waals surface area (Å²) in [7, 11) is 0. The summed E-state index contributed by atoms with van der Waals surface area (Å²) >= 11 is 0. The molecule has 0 unspecified atom stereocenters. The van der Waals surface area contributed by atoms with Gasteiger partial charge in [-0.05, 0) is 49.7 Å². The highest BCUT2D eigenvalue weighted by Crippen LogP contribution is 2.22. The number of aromatic nitrogens is 3. The van der Waals surface area contributed by atoms with Crippen LogP contribution in [0.1, 0.15) is 41.4 Å². The quantitative estimate of drug-likeness (QED) is 0.766. The number of benzene rings is 2. The number of hydrogen-bond donors (Lipinski definition) is 1. The Hall–Kier alpha value is -3.15. The monoisotopic (exact) mass is 348 g/mol. The molecule has 2 aromatic carbocycles. The van der Waals surface area contributed by atoms with Crippen molar-refractivity contribution in [3.63, 3.8) is 0 Å². The molecule has 4 rings (SSSR count). The molecule has 26 heavy (non-hydrogen) atoms. The van der Waals surface area contributed by atoms with Crippen molar-refractivity contribution in [2.45, 2.75) is 32.4 Å². The zero-order chi connectivity index (χ0) is 17.9. The van der Waals surface area contributed by atoms with Crippen LogP contribution in [-0.2, 0) is 13.0 Å². The summed E-state index contributed by atoms with van der Waals surface area (Å²) in [6.45, 7) is 2.85. The maximum atomic E-state index is 12.5. The number of amides is 1. The predicted octanol–water partition coefficient (Wildman–Crippen LogP) is 3.51. The van der Waals surface area contributed by atoms with Gasteiger partial charge in [0, 0.05) is 18.5 Å². The first-order valence-corrected chi connectivity index (χ1v) is 8.76. The highest BCUT2D eigenvalue weighted by Gasteiger charge is 2.22. The first-order valence-electron chi connectivity index (χ1n) is 8.76. The van der Waals surface area contributed by atoms with Gasteiger partial charge in [-0.3, -0.25) is 4.79 Å². The van der Waals surface area contributed by atoms with Gasteiger partial charge in [0.15, 0.2) is 5.82 Å². The van der Waals surface area contributed by atoms with Crippen LogP contribution >= 0.6 is 0 Å². The van der Waals surface area contributed by atoms with Crippen molar-refractivity contribution < 1.29 is 9.53 Å². The molecule has 1 aliphatic heterocycles. The molecule has 6 heteroatoms. The summed E-state index contributed by atoms with van der Waals surface area (Å²) in [5, 5.41) is 11.4. The van der Waals surface area contributed by atoms with E-state index in [0.29, 0.717) is 11.3 Å². The first-order chi connectivity index (χ1) is 12.7. The molecule has 0 saturated heterocycles. The second-order valence-electron chi connectivity index (χ2n) is 6.36. The third kappa shape index (κ3) is 3.31. The molecule has 1 amide bonds. The van der Waals surface area contributed by atoms with Gasteiger partial charge in [-0.25, -0.2) is 0 Å². The largest absolute Gasteiger partial charge is 0.457 e. The normalized spacial score (nSPS) is 13.9. The Morgan fingerprint density at radius 1 is 1.08 bits per heavy atom. The zero-order valence-electron chi connectivity index (χ0n) is 14.6. The Kier molecular flexibility index (Phi) is 4.39. The smallest absolute Gasteiger partial charge is 0.251 e. The van der Waals surface area contributed by atoms with Gasteiger partial charge in [0.25, 0.3) is 5.91 Å². The molecule has 0 aliphatic carbocycles. The van der Waals surface area contributed by atoms with Crippen LogP contribution in [0, 0.1) is 0 Å². The first kappa shape index (κ1) is 16.3. The number of carbonyl (C=O) groups is 1. The van der Waals surface area contributed by atoms with Crippen molar-refractivity contribution in [3.05, 3.63) is 71.8 Å². The van der Waals surface area contributed by atoms with E-state index < -0.39 is 0 Å². The fraction of sp³-hybridized carbons (Fsp3) is 0.250. The molecule has 6 nitrogen and oxygen atoms in total. The van der Waals surface area contributed by atoms with E-state index in [1.807, 2.05) is 37.3 Å². The number of aryl methyl sites for hydroxylation is 1. The number of ether oxygens (including phenoxy) is 1. The topological polar surface area (TPSA) is 69.0 Å².